The molecule has 1 N–H and O–H groups in total. The Bertz CT molecular complexity index is 1110. The van der Waals surface area contributed by atoms with Crippen LogP contribution in [0.4, 0.5) is 0 Å². The van der Waals surface area contributed by atoms with E-state index in [2.05, 4.69) is 0 Å². The molecule has 3 aromatic rings. The number of carbonyl (C=O) groups is 3. The van der Waals surface area contributed by atoms with Crippen molar-refractivity contribution >= 4 is 17.9 Å². The van der Waals surface area contributed by atoms with Gasteiger partial charge in [-0.15, -0.1) is 0 Å². The standard InChI is InChI=1S/C27H26O6/c1-2-3-14-21-15-22(25(28)29)16-23(26(30)32-17-19-10-6-4-7-11-19)24(21)27(31)33-18-20-12-8-5-9-13-20/h4-13,15-16H,2-3,14,17-18H2,1H3,(H,28,29). The molecule has 0 aliphatic carbocycles. The minimum absolute atomic E-state index is 0.000229. The summed E-state index contributed by atoms with van der Waals surface area (Å²) in [6.07, 6.45) is 2.00. The van der Waals surface area contributed by atoms with Gasteiger partial charge in [0.25, 0.3) is 0 Å². The largest absolute Gasteiger partial charge is 0.478 e. The fraction of sp³-hybridized carbons (Fsp3) is 0.222. The highest BCUT2D eigenvalue weighted by atomic mass is 16.5. The van der Waals surface area contributed by atoms with Gasteiger partial charge in [0.05, 0.1) is 16.7 Å². The average Bonchev–Trinajstić information content (AvgIpc) is 2.85. The lowest BCUT2D eigenvalue weighted by Crippen LogP contribution is -2.18. The first-order valence-electron chi connectivity index (χ1n) is 10.8. The van der Waals surface area contributed by atoms with Crippen LogP contribution < -0.4 is 0 Å². The number of hydrogen-bond acceptors (Lipinski definition) is 5. The highest BCUT2D eigenvalue weighted by Crippen LogP contribution is 2.24. The third kappa shape index (κ3) is 6.53. The van der Waals surface area contributed by atoms with E-state index in [0.717, 1.165) is 24.0 Å². The molecule has 6 heteroatoms. The summed E-state index contributed by atoms with van der Waals surface area (Å²) in [5.41, 5.74) is 1.92. The van der Waals surface area contributed by atoms with Crippen LogP contribution >= 0.6 is 0 Å². The molecule has 0 bridgehead atoms. The monoisotopic (exact) mass is 446 g/mol. The van der Waals surface area contributed by atoms with Gasteiger partial charge in [-0.1, -0.05) is 74.0 Å². The smallest absolute Gasteiger partial charge is 0.339 e. The van der Waals surface area contributed by atoms with Gasteiger partial charge >= 0.3 is 17.9 Å². The van der Waals surface area contributed by atoms with Gasteiger partial charge in [-0.25, -0.2) is 14.4 Å². The van der Waals surface area contributed by atoms with Crippen molar-refractivity contribution in [3.05, 3.63) is 106 Å². The summed E-state index contributed by atoms with van der Waals surface area (Å²) in [6.45, 7) is 2.02. The summed E-state index contributed by atoms with van der Waals surface area (Å²) in [5.74, 6) is -2.64. The van der Waals surface area contributed by atoms with Crippen LogP contribution in [0.25, 0.3) is 0 Å². The molecular weight excluding hydrogens is 420 g/mol. The van der Waals surface area contributed by atoms with Gasteiger partial charge < -0.3 is 14.6 Å². The Morgan fingerprint density at radius 3 is 1.85 bits per heavy atom. The summed E-state index contributed by atoms with van der Waals surface area (Å²) >= 11 is 0. The molecule has 170 valence electrons. The molecule has 0 heterocycles. The quantitative estimate of drug-likeness (QED) is 0.417. The zero-order valence-corrected chi connectivity index (χ0v) is 18.5. The topological polar surface area (TPSA) is 89.9 Å². The molecule has 0 spiro atoms. The minimum Gasteiger partial charge on any atom is -0.478 e. The maximum Gasteiger partial charge on any atom is 0.339 e. The van der Waals surface area contributed by atoms with Crippen molar-refractivity contribution < 1.29 is 29.0 Å². The first-order valence-corrected chi connectivity index (χ1v) is 10.8. The average molecular weight is 446 g/mol. The van der Waals surface area contributed by atoms with Gasteiger partial charge in [-0.2, -0.15) is 0 Å². The van der Waals surface area contributed by atoms with Gasteiger partial charge in [0.15, 0.2) is 0 Å². The normalized spacial score (nSPS) is 10.5. The molecule has 0 aromatic heterocycles. The SMILES string of the molecule is CCCCc1cc(C(=O)O)cc(C(=O)OCc2ccccc2)c1C(=O)OCc1ccccc1. The molecule has 0 unspecified atom stereocenters. The number of aryl methyl sites for hydroxylation is 1. The number of esters is 2. The molecule has 0 aliphatic heterocycles. The molecule has 0 fully saturated rings. The van der Waals surface area contributed by atoms with Gasteiger partial charge in [0, 0.05) is 0 Å². The zero-order chi connectivity index (χ0) is 23.6. The number of ether oxygens (including phenoxy) is 2. The van der Waals surface area contributed by atoms with Crippen LogP contribution in [0.2, 0.25) is 0 Å². The molecule has 0 atom stereocenters. The predicted molar refractivity (Wildman–Crippen MR) is 123 cm³/mol. The molecule has 0 aliphatic rings. The maximum atomic E-state index is 13.1. The van der Waals surface area contributed by atoms with E-state index in [1.54, 1.807) is 0 Å². The minimum atomic E-state index is -1.19. The van der Waals surface area contributed by atoms with Crippen LogP contribution in [0.5, 0.6) is 0 Å². The molecule has 0 radical (unpaired) electrons. The van der Waals surface area contributed by atoms with Crippen molar-refractivity contribution in [1.29, 1.82) is 0 Å². The Kier molecular flexibility index (Phi) is 8.36. The Morgan fingerprint density at radius 2 is 1.33 bits per heavy atom. The van der Waals surface area contributed by atoms with E-state index in [9.17, 15) is 19.5 Å². The van der Waals surface area contributed by atoms with E-state index in [1.807, 2.05) is 67.6 Å². The highest BCUT2D eigenvalue weighted by Gasteiger charge is 2.26. The van der Waals surface area contributed by atoms with Gasteiger partial charge in [0.2, 0.25) is 0 Å². The van der Waals surface area contributed by atoms with Crippen molar-refractivity contribution in [2.75, 3.05) is 0 Å². The Balaban J connectivity index is 1.94. The van der Waals surface area contributed by atoms with E-state index >= 15 is 0 Å². The summed E-state index contributed by atoms with van der Waals surface area (Å²) in [6, 6.07) is 20.9. The second-order valence-electron chi connectivity index (χ2n) is 7.59. The predicted octanol–water partition coefficient (Wildman–Crippen LogP) is 5.44. The number of carboxylic acid groups (broad SMARTS) is 1. The number of carboxylic acids is 1. The summed E-state index contributed by atoms with van der Waals surface area (Å²) in [4.78, 5) is 37.8. The third-order valence-corrected chi connectivity index (χ3v) is 5.12. The summed E-state index contributed by atoms with van der Waals surface area (Å²) in [5, 5.41) is 9.56. The van der Waals surface area contributed by atoms with Crippen molar-refractivity contribution in [2.24, 2.45) is 0 Å². The summed E-state index contributed by atoms with van der Waals surface area (Å²) < 4.78 is 10.9. The fourth-order valence-corrected chi connectivity index (χ4v) is 3.39. The number of hydrogen-bond donors (Lipinski definition) is 1. The Hall–Kier alpha value is -3.93. The van der Waals surface area contributed by atoms with Crippen molar-refractivity contribution in [3.63, 3.8) is 0 Å². The number of unbranched alkanes of at least 4 members (excludes halogenated alkanes) is 1. The molecule has 0 amide bonds. The van der Waals surface area contributed by atoms with E-state index in [-0.39, 0.29) is 29.9 Å². The first-order chi connectivity index (χ1) is 16.0. The van der Waals surface area contributed by atoms with E-state index in [4.69, 9.17) is 9.47 Å². The third-order valence-electron chi connectivity index (χ3n) is 5.12. The molecule has 3 rings (SSSR count). The van der Waals surface area contributed by atoms with Crippen molar-refractivity contribution in [3.8, 4) is 0 Å². The number of benzene rings is 3. The number of carbonyl (C=O) groups excluding carboxylic acids is 2. The lowest BCUT2D eigenvalue weighted by molar-refractivity contribution is 0.0423. The lowest BCUT2D eigenvalue weighted by atomic mass is 9.94. The Labute approximate surface area is 192 Å². The first kappa shape index (κ1) is 23.7. The molecule has 0 saturated heterocycles. The van der Waals surface area contributed by atoms with E-state index < -0.39 is 17.9 Å². The maximum absolute atomic E-state index is 13.1. The molecule has 6 nitrogen and oxygen atoms in total. The zero-order valence-electron chi connectivity index (χ0n) is 18.5. The molecule has 33 heavy (non-hydrogen) atoms. The van der Waals surface area contributed by atoms with Gasteiger partial charge in [-0.05, 0) is 41.7 Å². The highest BCUT2D eigenvalue weighted by molar-refractivity contribution is 6.06. The van der Waals surface area contributed by atoms with Crippen LogP contribution in [-0.2, 0) is 29.1 Å². The number of aromatic carboxylic acids is 1. The van der Waals surface area contributed by atoms with Gasteiger partial charge in [-0.3, -0.25) is 0 Å². The van der Waals surface area contributed by atoms with Crippen LogP contribution in [0.3, 0.4) is 0 Å². The van der Waals surface area contributed by atoms with Gasteiger partial charge in [0.1, 0.15) is 13.2 Å². The fourth-order valence-electron chi connectivity index (χ4n) is 3.39. The van der Waals surface area contributed by atoms with Crippen LogP contribution in [0.15, 0.2) is 72.8 Å². The van der Waals surface area contributed by atoms with E-state index in [0.29, 0.717) is 12.0 Å². The van der Waals surface area contributed by atoms with Crippen molar-refractivity contribution in [2.45, 2.75) is 39.4 Å². The molecular formula is C27H26O6. The van der Waals surface area contributed by atoms with Crippen molar-refractivity contribution in [1.82, 2.24) is 0 Å². The summed E-state index contributed by atoms with van der Waals surface area (Å²) in [7, 11) is 0. The number of rotatable bonds is 10. The van der Waals surface area contributed by atoms with Crippen LogP contribution in [0.1, 0.15) is 67.5 Å². The van der Waals surface area contributed by atoms with E-state index in [1.165, 1.54) is 12.1 Å². The second-order valence-corrected chi connectivity index (χ2v) is 7.59. The molecule has 3 aromatic carbocycles. The van der Waals surface area contributed by atoms with Crippen LogP contribution in [-0.4, -0.2) is 23.0 Å². The second kappa shape index (κ2) is 11.6. The molecule has 0 saturated carbocycles. The lowest BCUT2D eigenvalue weighted by Gasteiger charge is -2.15. The Morgan fingerprint density at radius 1 is 0.788 bits per heavy atom. The van der Waals surface area contributed by atoms with Crippen LogP contribution in [0, 0.1) is 0 Å².